The minimum Gasteiger partial charge on any atom is -0.389 e. The van der Waals surface area contributed by atoms with Crippen LogP contribution < -0.4 is 0 Å². The Kier molecular flexibility index (Phi) is 2.83. The Labute approximate surface area is 97.5 Å². The van der Waals surface area contributed by atoms with Gasteiger partial charge in [0.2, 0.25) is 0 Å². The molecule has 1 heterocycles. The van der Waals surface area contributed by atoms with E-state index in [1.165, 1.54) is 0 Å². The van der Waals surface area contributed by atoms with Crippen molar-refractivity contribution in [3.63, 3.8) is 0 Å². The van der Waals surface area contributed by atoms with Crippen molar-refractivity contribution in [3.8, 4) is 0 Å². The Morgan fingerprint density at radius 3 is 2.73 bits per heavy atom. The first-order chi connectivity index (χ1) is 7.09. The number of aliphatic hydroxyl groups excluding tert-OH is 1. The zero-order valence-corrected chi connectivity index (χ0v) is 9.55. The van der Waals surface area contributed by atoms with Gasteiger partial charge in [-0.3, -0.25) is 4.98 Å². The molecule has 0 aliphatic carbocycles. The van der Waals surface area contributed by atoms with Crippen LogP contribution in [-0.4, -0.2) is 10.1 Å². The van der Waals surface area contributed by atoms with E-state index in [4.69, 9.17) is 23.2 Å². The smallest absolute Gasteiger partial charge is 0.0769 e. The first kappa shape index (κ1) is 10.7. The van der Waals surface area contributed by atoms with Crippen LogP contribution in [0, 0.1) is 0 Å². The highest BCUT2D eigenvalue weighted by atomic mass is 35.5. The largest absolute Gasteiger partial charge is 0.389 e. The second-order valence-electron chi connectivity index (χ2n) is 3.36. The van der Waals surface area contributed by atoms with Crippen molar-refractivity contribution < 1.29 is 5.11 Å². The van der Waals surface area contributed by atoms with Crippen LogP contribution in [0.2, 0.25) is 10.0 Å². The van der Waals surface area contributed by atoms with Crippen molar-refractivity contribution in [2.24, 2.45) is 0 Å². The van der Waals surface area contributed by atoms with Gasteiger partial charge in [-0.1, -0.05) is 23.2 Å². The summed E-state index contributed by atoms with van der Waals surface area (Å²) in [5.41, 5.74) is 1.47. The summed E-state index contributed by atoms with van der Waals surface area (Å²) in [6.45, 7) is 1.69. The topological polar surface area (TPSA) is 33.1 Å². The summed E-state index contributed by atoms with van der Waals surface area (Å²) in [6, 6.07) is 5.14. The predicted octanol–water partition coefficient (Wildman–Crippen LogP) is 3.59. The lowest BCUT2D eigenvalue weighted by Gasteiger charge is -2.10. The number of hydrogen-bond donors (Lipinski definition) is 1. The SMILES string of the molecule is CC(O)c1ccnc2cc(Cl)cc(Cl)c12. The van der Waals surface area contributed by atoms with E-state index in [2.05, 4.69) is 4.98 Å². The number of pyridine rings is 1. The van der Waals surface area contributed by atoms with Crippen LogP contribution in [0.25, 0.3) is 10.9 Å². The average Bonchev–Trinajstić information content (AvgIpc) is 2.16. The molecule has 2 nitrogen and oxygen atoms in total. The lowest BCUT2D eigenvalue weighted by molar-refractivity contribution is 0.201. The van der Waals surface area contributed by atoms with Gasteiger partial charge >= 0.3 is 0 Å². The molecule has 1 aromatic heterocycles. The highest BCUT2D eigenvalue weighted by Gasteiger charge is 2.10. The highest BCUT2D eigenvalue weighted by molar-refractivity contribution is 6.38. The van der Waals surface area contributed by atoms with E-state index in [9.17, 15) is 5.11 Å². The van der Waals surface area contributed by atoms with Gasteiger partial charge in [0.25, 0.3) is 0 Å². The standard InChI is InChI=1S/C11H9Cl2NO/c1-6(15)8-2-3-14-10-5-7(12)4-9(13)11(8)10/h2-6,15H,1H3. The molecule has 78 valence electrons. The maximum atomic E-state index is 9.60. The normalized spacial score (nSPS) is 13.1. The van der Waals surface area contributed by atoms with E-state index in [1.54, 1.807) is 31.3 Å². The van der Waals surface area contributed by atoms with E-state index in [1.807, 2.05) is 0 Å². The van der Waals surface area contributed by atoms with Gasteiger partial charge in [-0.25, -0.2) is 0 Å². The molecule has 0 spiro atoms. The lowest BCUT2D eigenvalue weighted by Crippen LogP contribution is -1.94. The Morgan fingerprint density at radius 2 is 2.07 bits per heavy atom. The first-order valence-electron chi connectivity index (χ1n) is 4.51. The molecule has 1 aromatic carbocycles. The number of halogens is 2. The maximum Gasteiger partial charge on any atom is 0.0769 e. The number of nitrogens with zero attached hydrogens (tertiary/aromatic N) is 1. The number of aliphatic hydroxyl groups is 1. The molecule has 0 saturated heterocycles. The van der Waals surface area contributed by atoms with Gasteiger partial charge in [0, 0.05) is 16.6 Å². The minimum atomic E-state index is -0.575. The predicted molar refractivity (Wildman–Crippen MR) is 62.4 cm³/mol. The Hall–Kier alpha value is -0.830. The van der Waals surface area contributed by atoms with Crippen LogP contribution in [-0.2, 0) is 0 Å². The molecule has 4 heteroatoms. The van der Waals surface area contributed by atoms with Gasteiger partial charge in [-0.15, -0.1) is 0 Å². The van der Waals surface area contributed by atoms with Crippen LogP contribution in [0.3, 0.4) is 0 Å². The number of fused-ring (bicyclic) bond motifs is 1. The molecule has 0 bridgehead atoms. The van der Waals surface area contributed by atoms with E-state index in [0.717, 1.165) is 10.9 Å². The Bertz CT molecular complexity index is 511. The molecule has 0 aliphatic heterocycles. The molecule has 15 heavy (non-hydrogen) atoms. The van der Waals surface area contributed by atoms with Gasteiger partial charge in [0.15, 0.2) is 0 Å². The number of aromatic nitrogens is 1. The number of hydrogen-bond acceptors (Lipinski definition) is 2. The summed E-state index contributed by atoms with van der Waals surface area (Å²) in [5, 5.41) is 11.4. The van der Waals surface area contributed by atoms with Crippen molar-refractivity contribution in [2.45, 2.75) is 13.0 Å². The molecular formula is C11H9Cl2NO. The van der Waals surface area contributed by atoms with Crippen molar-refractivity contribution in [2.75, 3.05) is 0 Å². The van der Waals surface area contributed by atoms with Crippen LogP contribution in [0.15, 0.2) is 24.4 Å². The molecule has 0 aliphatic rings. The van der Waals surface area contributed by atoms with Crippen LogP contribution in [0.1, 0.15) is 18.6 Å². The summed E-state index contributed by atoms with van der Waals surface area (Å²) in [5.74, 6) is 0. The second-order valence-corrected chi connectivity index (χ2v) is 4.20. The van der Waals surface area contributed by atoms with E-state index in [-0.39, 0.29) is 0 Å². The molecule has 2 aromatic rings. The first-order valence-corrected chi connectivity index (χ1v) is 5.27. The molecule has 1 unspecified atom stereocenters. The average molecular weight is 242 g/mol. The monoisotopic (exact) mass is 241 g/mol. The van der Waals surface area contributed by atoms with Crippen molar-refractivity contribution >= 4 is 34.1 Å². The molecule has 0 saturated carbocycles. The second kappa shape index (κ2) is 3.97. The zero-order chi connectivity index (χ0) is 11.0. The Balaban J connectivity index is 2.85. The minimum absolute atomic E-state index is 0.515. The van der Waals surface area contributed by atoms with E-state index < -0.39 is 6.10 Å². The van der Waals surface area contributed by atoms with Gasteiger partial charge in [0.05, 0.1) is 16.6 Å². The van der Waals surface area contributed by atoms with Gasteiger partial charge in [-0.05, 0) is 30.7 Å². The van der Waals surface area contributed by atoms with Crippen LogP contribution >= 0.6 is 23.2 Å². The fourth-order valence-corrected chi connectivity index (χ4v) is 2.17. The summed E-state index contributed by atoms with van der Waals surface area (Å²) in [4.78, 5) is 4.17. The Morgan fingerprint density at radius 1 is 1.33 bits per heavy atom. The van der Waals surface area contributed by atoms with E-state index >= 15 is 0 Å². The maximum absolute atomic E-state index is 9.60. The van der Waals surface area contributed by atoms with Gasteiger partial charge in [0.1, 0.15) is 0 Å². The third-order valence-corrected chi connectivity index (χ3v) is 2.76. The highest BCUT2D eigenvalue weighted by Crippen LogP contribution is 2.31. The number of rotatable bonds is 1. The molecular weight excluding hydrogens is 233 g/mol. The summed E-state index contributed by atoms with van der Waals surface area (Å²) < 4.78 is 0. The lowest BCUT2D eigenvalue weighted by atomic mass is 10.1. The quantitative estimate of drug-likeness (QED) is 0.828. The third kappa shape index (κ3) is 1.93. The summed E-state index contributed by atoms with van der Waals surface area (Å²) in [6.07, 6.45) is 1.06. The van der Waals surface area contributed by atoms with Gasteiger partial charge in [-0.2, -0.15) is 0 Å². The molecule has 2 rings (SSSR count). The molecule has 1 atom stereocenters. The van der Waals surface area contributed by atoms with Crippen molar-refractivity contribution in [3.05, 3.63) is 40.0 Å². The van der Waals surface area contributed by atoms with Crippen molar-refractivity contribution in [1.29, 1.82) is 0 Å². The number of benzene rings is 1. The fourth-order valence-electron chi connectivity index (χ4n) is 1.58. The molecule has 0 amide bonds. The van der Waals surface area contributed by atoms with E-state index in [0.29, 0.717) is 15.6 Å². The fraction of sp³-hybridized carbons (Fsp3) is 0.182. The van der Waals surface area contributed by atoms with Gasteiger partial charge < -0.3 is 5.11 Å². The molecule has 0 radical (unpaired) electrons. The summed E-state index contributed by atoms with van der Waals surface area (Å²) in [7, 11) is 0. The van der Waals surface area contributed by atoms with Crippen molar-refractivity contribution in [1.82, 2.24) is 4.98 Å². The zero-order valence-electron chi connectivity index (χ0n) is 8.04. The molecule has 1 N–H and O–H groups in total. The summed E-state index contributed by atoms with van der Waals surface area (Å²) >= 11 is 11.9. The molecule has 0 fully saturated rings. The third-order valence-electron chi connectivity index (χ3n) is 2.24. The van der Waals surface area contributed by atoms with Crippen LogP contribution in [0.4, 0.5) is 0 Å². The van der Waals surface area contributed by atoms with Crippen LogP contribution in [0.5, 0.6) is 0 Å².